The number of rotatable bonds is 7. The fourth-order valence-corrected chi connectivity index (χ4v) is 1.76. The lowest BCUT2D eigenvalue weighted by molar-refractivity contribution is 0.108. The van der Waals surface area contributed by atoms with Gasteiger partial charge in [0.2, 0.25) is 0 Å². The van der Waals surface area contributed by atoms with E-state index in [9.17, 15) is 4.39 Å². The molecule has 0 heterocycles. The van der Waals surface area contributed by atoms with Crippen molar-refractivity contribution in [2.45, 2.75) is 13.0 Å². The van der Waals surface area contributed by atoms with Gasteiger partial charge in [0.25, 0.3) is 0 Å². The molecule has 1 unspecified atom stereocenters. The molecule has 1 rings (SSSR count). The van der Waals surface area contributed by atoms with E-state index >= 15 is 0 Å². The Hall–Kier alpha value is -0.970. The van der Waals surface area contributed by atoms with Crippen LogP contribution in [0.25, 0.3) is 0 Å². The molecular weight excluding hydrogens is 219 g/mol. The predicted octanol–water partition coefficient (Wildman–Crippen LogP) is 1.79. The highest BCUT2D eigenvalue weighted by molar-refractivity contribution is 5.20. The first-order chi connectivity index (χ1) is 8.19. The Morgan fingerprint density at radius 3 is 2.53 bits per heavy atom. The van der Waals surface area contributed by atoms with Gasteiger partial charge >= 0.3 is 0 Å². The summed E-state index contributed by atoms with van der Waals surface area (Å²) in [7, 11) is 2.00. The third kappa shape index (κ3) is 4.42. The maximum absolute atomic E-state index is 12.8. The van der Waals surface area contributed by atoms with Crippen LogP contribution in [0.4, 0.5) is 4.39 Å². The van der Waals surface area contributed by atoms with Crippen molar-refractivity contribution < 1.29 is 9.13 Å². The summed E-state index contributed by atoms with van der Waals surface area (Å²) in [4.78, 5) is 2.13. The SMILES string of the molecule is CCOCCN(C)C(CN)c1ccc(F)cc1. The van der Waals surface area contributed by atoms with E-state index in [-0.39, 0.29) is 11.9 Å². The van der Waals surface area contributed by atoms with Crippen LogP contribution in [0, 0.1) is 5.82 Å². The molecule has 1 aromatic carbocycles. The number of benzene rings is 1. The summed E-state index contributed by atoms with van der Waals surface area (Å²) in [5.74, 6) is -0.221. The Morgan fingerprint density at radius 1 is 1.35 bits per heavy atom. The average molecular weight is 240 g/mol. The van der Waals surface area contributed by atoms with Crippen LogP contribution in [-0.2, 0) is 4.74 Å². The first kappa shape index (κ1) is 14.1. The van der Waals surface area contributed by atoms with E-state index in [1.54, 1.807) is 12.1 Å². The fourth-order valence-electron chi connectivity index (χ4n) is 1.76. The van der Waals surface area contributed by atoms with Gasteiger partial charge < -0.3 is 10.5 Å². The van der Waals surface area contributed by atoms with Crippen LogP contribution in [0.5, 0.6) is 0 Å². The van der Waals surface area contributed by atoms with Gasteiger partial charge in [0.15, 0.2) is 0 Å². The third-order valence-electron chi connectivity index (χ3n) is 2.80. The Labute approximate surface area is 102 Å². The predicted molar refractivity (Wildman–Crippen MR) is 67.3 cm³/mol. The Morgan fingerprint density at radius 2 is 2.00 bits per heavy atom. The third-order valence-corrected chi connectivity index (χ3v) is 2.80. The summed E-state index contributed by atoms with van der Waals surface area (Å²) >= 11 is 0. The molecule has 0 aliphatic carbocycles. The molecule has 0 fully saturated rings. The van der Waals surface area contributed by atoms with Gasteiger partial charge in [0, 0.05) is 25.7 Å². The van der Waals surface area contributed by atoms with Gasteiger partial charge in [-0.3, -0.25) is 4.90 Å². The van der Waals surface area contributed by atoms with Crippen LogP contribution in [0.3, 0.4) is 0 Å². The van der Waals surface area contributed by atoms with Gasteiger partial charge in [-0.1, -0.05) is 12.1 Å². The quantitative estimate of drug-likeness (QED) is 0.738. The molecule has 96 valence electrons. The van der Waals surface area contributed by atoms with Crippen molar-refractivity contribution in [2.24, 2.45) is 5.73 Å². The van der Waals surface area contributed by atoms with E-state index in [1.165, 1.54) is 12.1 Å². The normalized spacial score (nSPS) is 13.0. The topological polar surface area (TPSA) is 38.5 Å². The van der Waals surface area contributed by atoms with Crippen molar-refractivity contribution in [3.63, 3.8) is 0 Å². The van der Waals surface area contributed by atoms with E-state index in [4.69, 9.17) is 10.5 Å². The minimum Gasteiger partial charge on any atom is -0.380 e. The summed E-state index contributed by atoms with van der Waals surface area (Å²) in [5, 5.41) is 0. The second kappa shape index (κ2) is 7.37. The molecule has 3 nitrogen and oxygen atoms in total. The van der Waals surface area contributed by atoms with Crippen LogP contribution in [-0.4, -0.2) is 38.3 Å². The molecule has 17 heavy (non-hydrogen) atoms. The molecular formula is C13H21FN2O. The maximum atomic E-state index is 12.8. The highest BCUT2D eigenvalue weighted by atomic mass is 19.1. The molecule has 0 amide bonds. The highest BCUT2D eigenvalue weighted by Gasteiger charge is 2.14. The molecule has 0 aromatic heterocycles. The number of hydrogen-bond acceptors (Lipinski definition) is 3. The fraction of sp³-hybridized carbons (Fsp3) is 0.538. The smallest absolute Gasteiger partial charge is 0.123 e. The minimum absolute atomic E-state index is 0.107. The van der Waals surface area contributed by atoms with Crippen LogP contribution in [0.1, 0.15) is 18.5 Å². The van der Waals surface area contributed by atoms with Crippen LogP contribution < -0.4 is 5.73 Å². The molecule has 0 saturated carbocycles. The van der Waals surface area contributed by atoms with E-state index < -0.39 is 0 Å². The van der Waals surface area contributed by atoms with Crippen molar-refractivity contribution in [3.05, 3.63) is 35.6 Å². The summed E-state index contributed by atoms with van der Waals surface area (Å²) in [6, 6.07) is 6.60. The number of nitrogens with zero attached hydrogens (tertiary/aromatic N) is 1. The largest absolute Gasteiger partial charge is 0.380 e. The van der Waals surface area contributed by atoms with Crippen molar-refractivity contribution >= 4 is 0 Å². The molecule has 0 saturated heterocycles. The molecule has 0 radical (unpaired) electrons. The number of nitrogens with two attached hydrogens (primary N) is 1. The summed E-state index contributed by atoms with van der Waals surface area (Å²) in [6.45, 7) is 4.70. The van der Waals surface area contributed by atoms with Gasteiger partial charge in [-0.2, -0.15) is 0 Å². The van der Waals surface area contributed by atoms with Gasteiger partial charge in [-0.15, -0.1) is 0 Å². The van der Waals surface area contributed by atoms with Gasteiger partial charge in [0.05, 0.1) is 6.61 Å². The average Bonchev–Trinajstić information content (AvgIpc) is 2.33. The molecule has 1 atom stereocenters. The zero-order valence-corrected chi connectivity index (χ0v) is 10.5. The van der Waals surface area contributed by atoms with Gasteiger partial charge in [-0.25, -0.2) is 4.39 Å². The Bertz CT molecular complexity index is 316. The molecule has 2 N–H and O–H groups in total. The zero-order chi connectivity index (χ0) is 12.7. The summed E-state index contributed by atoms with van der Waals surface area (Å²) in [5.41, 5.74) is 6.81. The van der Waals surface area contributed by atoms with E-state index in [1.807, 2.05) is 14.0 Å². The molecule has 0 spiro atoms. The Kier molecular flexibility index (Phi) is 6.11. The molecule has 4 heteroatoms. The second-order valence-corrected chi connectivity index (χ2v) is 3.98. The molecule has 0 bridgehead atoms. The maximum Gasteiger partial charge on any atom is 0.123 e. The summed E-state index contributed by atoms with van der Waals surface area (Å²) in [6.07, 6.45) is 0. The van der Waals surface area contributed by atoms with Crippen molar-refractivity contribution in [1.82, 2.24) is 4.90 Å². The number of ether oxygens (including phenoxy) is 1. The standard InChI is InChI=1S/C13H21FN2O/c1-3-17-9-8-16(2)13(10-15)11-4-6-12(14)7-5-11/h4-7,13H,3,8-10,15H2,1-2H3. The minimum atomic E-state index is -0.221. The number of likely N-dealkylation sites (N-methyl/N-ethyl adjacent to an activating group) is 1. The van der Waals surface area contributed by atoms with Crippen molar-refractivity contribution in [3.8, 4) is 0 Å². The van der Waals surface area contributed by atoms with Gasteiger partial charge in [0.1, 0.15) is 5.82 Å². The number of halogens is 1. The molecule has 1 aromatic rings. The lowest BCUT2D eigenvalue weighted by Gasteiger charge is -2.27. The van der Waals surface area contributed by atoms with Crippen LogP contribution >= 0.6 is 0 Å². The van der Waals surface area contributed by atoms with Crippen LogP contribution in [0.15, 0.2) is 24.3 Å². The van der Waals surface area contributed by atoms with Crippen molar-refractivity contribution in [2.75, 3.05) is 33.4 Å². The van der Waals surface area contributed by atoms with Gasteiger partial charge in [-0.05, 0) is 31.7 Å². The Balaban J connectivity index is 2.60. The highest BCUT2D eigenvalue weighted by Crippen LogP contribution is 2.18. The summed E-state index contributed by atoms with van der Waals surface area (Å²) < 4.78 is 18.2. The molecule has 0 aliphatic rings. The lowest BCUT2D eigenvalue weighted by Crippen LogP contribution is -2.33. The second-order valence-electron chi connectivity index (χ2n) is 3.98. The van der Waals surface area contributed by atoms with E-state index in [2.05, 4.69) is 4.90 Å². The van der Waals surface area contributed by atoms with E-state index in [0.717, 1.165) is 18.7 Å². The first-order valence-electron chi connectivity index (χ1n) is 5.92. The van der Waals surface area contributed by atoms with Crippen molar-refractivity contribution in [1.29, 1.82) is 0 Å². The molecule has 0 aliphatic heterocycles. The van der Waals surface area contributed by atoms with E-state index in [0.29, 0.717) is 13.2 Å². The first-order valence-corrected chi connectivity index (χ1v) is 5.92. The number of hydrogen-bond donors (Lipinski definition) is 1. The zero-order valence-electron chi connectivity index (χ0n) is 10.5. The monoisotopic (exact) mass is 240 g/mol. The lowest BCUT2D eigenvalue weighted by atomic mass is 10.1. The van der Waals surface area contributed by atoms with Crippen LogP contribution in [0.2, 0.25) is 0 Å².